The number of halogens is 2. The van der Waals surface area contributed by atoms with E-state index in [1.54, 1.807) is 24.4 Å². The average Bonchev–Trinajstić information content (AvgIpc) is 3.32. The van der Waals surface area contributed by atoms with Gasteiger partial charge in [-0.3, -0.25) is 9.98 Å². The summed E-state index contributed by atoms with van der Waals surface area (Å²) in [6, 6.07) is 13.2. The number of benzene rings is 2. The summed E-state index contributed by atoms with van der Waals surface area (Å²) >= 11 is 7.59. The predicted molar refractivity (Wildman–Crippen MR) is 169 cm³/mol. The van der Waals surface area contributed by atoms with Crippen LogP contribution in [0.4, 0.5) is 4.39 Å². The summed E-state index contributed by atoms with van der Waals surface area (Å²) in [5, 5.41) is 12.0. The van der Waals surface area contributed by atoms with Crippen molar-refractivity contribution in [3.63, 3.8) is 0 Å². The summed E-state index contributed by atoms with van der Waals surface area (Å²) in [6.07, 6.45) is 5.08. The second-order valence-electron chi connectivity index (χ2n) is 10.5. The molecule has 0 spiro atoms. The van der Waals surface area contributed by atoms with Crippen LogP contribution in [0.5, 0.6) is 0 Å². The molecule has 2 aromatic heterocycles. The Morgan fingerprint density at radius 3 is 2.61 bits per heavy atom. The first-order valence-electron chi connectivity index (χ1n) is 13.7. The van der Waals surface area contributed by atoms with Gasteiger partial charge in [-0.15, -0.1) is 0 Å². The molecule has 0 aliphatic heterocycles. The Balaban J connectivity index is 1.52. The molecular formula is C30H37ClFN7OS. The monoisotopic (exact) mass is 597 g/mol. The molecule has 0 bridgehead atoms. The predicted octanol–water partition coefficient (Wildman–Crippen LogP) is 5.90. The van der Waals surface area contributed by atoms with Gasteiger partial charge in [0.05, 0.1) is 16.4 Å². The first-order chi connectivity index (χ1) is 19.5. The summed E-state index contributed by atoms with van der Waals surface area (Å²) in [7, 11) is 0. The van der Waals surface area contributed by atoms with Gasteiger partial charge in [-0.2, -0.15) is 4.98 Å². The van der Waals surface area contributed by atoms with Gasteiger partial charge in [0.2, 0.25) is 0 Å². The second kappa shape index (κ2) is 13.7. The highest BCUT2D eigenvalue weighted by Crippen LogP contribution is 2.31. The molecule has 3 atom stereocenters. The highest BCUT2D eigenvalue weighted by atomic mass is 35.5. The molecule has 0 radical (unpaired) electrons. The van der Waals surface area contributed by atoms with Crippen molar-refractivity contribution < 1.29 is 4.39 Å². The van der Waals surface area contributed by atoms with E-state index in [0.29, 0.717) is 28.0 Å². The normalized spacial score (nSPS) is 13.8. The lowest BCUT2D eigenvalue weighted by atomic mass is 10.0. The van der Waals surface area contributed by atoms with Gasteiger partial charge < -0.3 is 21.8 Å². The van der Waals surface area contributed by atoms with Crippen molar-refractivity contribution in [2.45, 2.75) is 63.8 Å². The largest absolute Gasteiger partial charge is 0.379 e. The molecule has 0 saturated carbocycles. The quantitative estimate of drug-likeness (QED) is 0.102. The molecule has 4 rings (SSSR count). The van der Waals surface area contributed by atoms with Crippen LogP contribution in [0.25, 0.3) is 28.0 Å². The Kier molecular flexibility index (Phi) is 10.2. The smallest absolute Gasteiger partial charge is 0.354 e. The molecular weight excluding hydrogens is 561 g/mol. The van der Waals surface area contributed by atoms with Crippen LogP contribution in [-0.2, 0) is 6.42 Å². The van der Waals surface area contributed by atoms with E-state index in [2.05, 4.69) is 29.1 Å². The maximum Gasteiger partial charge on any atom is 0.354 e. The van der Waals surface area contributed by atoms with E-state index >= 15 is 4.39 Å². The van der Waals surface area contributed by atoms with Gasteiger partial charge in [0, 0.05) is 34.5 Å². The molecule has 0 saturated heterocycles. The van der Waals surface area contributed by atoms with Gasteiger partial charge >= 0.3 is 5.69 Å². The average molecular weight is 598 g/mol. The van der Waals surface area contributed by atoms with Crippen LogP contribution in [-0.4, -0.2) is 37.5 Å². The molecule has 41 heavy (non-hydrogen) atoms. The first kappa shape index (κ1) is 30.8. The number of hydrogen-bond acceptors (Lipinski definition) is 6. The van der Waals surface area contributed by atoms with Crippen LogP contribution >= 0.6 is 23.4 Å². The van der Waals surface area contributed by atoms with Crippen molar-refractivity contribution in [3.05, 3.63) is 81.1 Å². The van der Waals surface area contributed by atoms with Crippen LogP contribution < -0.4 is 22.5 Å². The van der Waals surface area contributed by atoms with Gasteiger partial charge in [-0.25, -0.2) is 9.18 Å². The Bertz CT molecular complexity index is 1570. The molecule has 7 N–H and O–H groups in total. The summed E-state index contributed by atoms with van der Waals surface area (Å²) in [5.74, 6) is -0.519. The van der Waals surface area contributed by atoms with Crippen molar-refractivity contribution in [1.29, 1.82) is 5.41 Å². The van der Waals surface area contributed by atoms with Crippen LogP contribution in [0.3, 0.4) is 0 Å². The molecule has 4 aromatic rings. The molecule has 0 unspecified atom stereocenters. The number of nitrogens with two attached hydrogens (primary N) is 2. The first-order valence-corrected chi connectivity index (χ1v) is 15.0. The molecule has 0 amide bonds. The van der Waals surface area contributed by atoms with Crippen molar-refractivity contribution in [1.82, 2.24) is 19.9 Å². The number of nitrogens with one attached hydrogen (secondary N) is 3. The number of aromatic amines is 1. The number of thioether (sulfide) groups is 1. The minimum Gasteiger partial charge on any atom is -0.379 e. The lowest BCUT2D eigenvalue weighted by Gasteiger charge is -2.17. The zero-order valence-corrected chi connectivity index (χ0v) is 25.1. The van der Waals surface area contributed by atoms with Crippen molar-refractivity contribution in [3.8, 4) is 16.9 Å². The number of hydrogen-bond donors (Lipinski definition) is 5. The number of aryl methyl sites for hydroxylation is 1. The molecule has 2 heterocycles. The number of nitrogens with zero attached hydrogens (tertiary/aromatic N) is 2. The van der Waals surface area contributed by atoms with Crippen LogP contribution in [0.2, 0.25) is 5.02 Å². The second-order valence-corrected chi connectivity index (χ2v) is 12.4. The topological polar surface area (TPSA) is 139 Å². The van der Waals surface area contributed by atoms with E-state index < -0.39 is 11.5 Å². The lowest BCUT2D eigenvalue weighted by molar-refractivity contribution is 0.558. The van der Waals surface area contributed by atoms with Gasteiger partial charge in [-0.1, -0.05) is 42.4 Å². The minimum absolute atomic E-state index is 0.0535. The zero-order chi connectivity index (χ0) is 29.7. The maximum absolute atomic E-state index is 15.1. The Morgan fingerprint density at radius 1 is 1.20 bits per heavy atom. The van der Waals surface area contributed by atoms with Gasteiger partial charge in [0.1, 0.15) is 5.65 Å². The fraction of sp³-hybridized carbons (Fsp3) is 0.367. The van der Waals surface area contributed by atoms with Gasteiger partial charge in [-0.05, 0) is 87.5 Å². The number of rotatable bonds is 12. The molecule has 0 aliphatic carbocycles. The maximum atomic E-state index is 15.1. The fourth-order valence-electron chi connectivity index (χ4n) is 4.76. The molecule has 0 aliphatic rings. The third-order valence-electron chi connectivity index (χ3n) is 7.01. The summed E-state index contributed by atoms with van der Waals surface area (Å²) in [4.78, 5) is 20.2. The zero-order valence-electron chi connectivity index (χ0n) is 23.5. The van der Waals surface area contributed by atoms with Crippen LogP contribution in [0.15, 0.2) is 53.5 Å². The van der Waals surface area contributed by atoms with E-state index in [1.165, 1.54) is 16.3 Å². The highest BCUT2D eigenvalue weighted by Gasteiger charge is 2.16. The minimum atomic E-state index is -0.519. The van der Waals surface area contributed by atoms with Crippen molar-refractivity contribution >= 4 is 39.6 Å². The van der Waals surface area contributed by atoms with Crippen LogP contribution in [0.1, 0.15) is 57.2 Å². The van der Waals surface area contributed by atoms with E-state index in [-0.39, 0.29) is 27.5 Å². The van der Waals surface area contributed by atoms with E-state index in [4.69, 9.17) is 28.5 Å². The number of fused-ring (bicyclic) bond motifs is 1. The third kappa shape index (κ3) is 7.97. The molecule has 218 valence electrons. The molecule has 2 aromatic carbocycles. The number of H-pyrrole nitrogens is 1. The molecule has 11 heteroatoms. The third-order valence-corrected chi connectivity index (χ3v) is 8.18. The SMILES string of the molecule is C[C@H](N)CCCc1cc(Cl)c(F)c(-c2cc3cn(-c4ccc([C@H](C)NCC[C@H](C)SC(=N)N)cc4)c(=O)nc3[nH]2)c1. The lowest BCUT2D eigenvalue weighted by Crippen LogP contribution is -2.23. The van der Waals surface area contributed by atoms with Crippen molar-refractivity contribution in [2.75, 3.05) is 6.54 Å². The summed E-state index contributed by atoms with van der Waals surface area (Å²) in [5.41, 5.74) is 14.8. The Hall–Kier alpha value is -3.18. The van der Waals surface area contributed by atoms with Gasteiger partial charge in [0.15, 0.2) is 11.0 Å². The fourth-order valence-corrected chi connectivity index (χ4v) is 5.67. The summed E-state index contributed by atoms with van der Waals surface area (Å²) in [6.45, 7) is 6.89. The number of aromatic nitrogens is 3. The molecule has 8 nitrogen and oxygen atoms in total. The number of amidine groups is 1. The van der Waals surface area contributed by atoms with Crippen molar-refractivity contribution in [2.24, 2.45) is 11.5 Å². The van der Waals surface area contributed by atoms with Crippen LogP contribution in [0, 0.1) is 11.2 Å². The Labute approximate surface area is 248 Å². The van der Waals surface area contributed by atoms with E-state index in [1.807, 2.05) is 31.2 Å². The van der Waals surface area contributed by atoms with E-state index in [0.717, 1.165) is 43.4 Å². The summed E-state index contributed by atoms with van der Waals surface area (Å²) < 4.78 is 16.5. The van der Waals surface area contributed by atoms with E-state index in [9.17, 15) is 4.79 Å². The Morgan fingerprint density at radius 2 is 1.93 bits per heavy atom. The standard InChI is InChI=1S/C30H37ClFN7OS/c1-17(33)5-4-6-20-13-24(27(32)25(31)14-20)26-15-22-16-39(30(40)38-28(22)37-26)23-9-7-21(8-10-23)19(3)36-12-11-18(2)41-29(34)35/h7-10,13-19,36H,4-6,11-12,33H2,1-3H3,(H3,34,35)(H,37,38,40)/t17-,18-,19-/m0/s1. The molecule has 0 fully saturated rings. The highest BCUT2D eigenvalue weighted by molar-refractivity contribution is 8.14. The van der Waals surface area contributed by atoms with Gasteiger partial charge in [0.25, 0.3) is 0 Å².